The van der Waals surface area contributed by atoms with Gasteiger partial charge in [0.2, 0.25) is 0 Å². The van der Waals surface area contributed by atoms with Crippen LogP contribution in [0.4, 0.5) is 0 Å². The summed E-state index contributed by atoms with van der Waals surface area (Å²) in [6.07, 6.45) is 0. The van der Waals surface area contributed by atoms with Crippen LogP contribution in [0.25, 0.3) is 43.4 Å². The van der Waals surface area contributed by atoms with Gasteiger partial charge in [-0.05, 0) is 62.7 Å². The van der Waals surface area contributed by atoms with Gasteiger partial charge >= 0.3 is 0 Å². The lowest BCUT2D eigenvalue weighted by atomic mass is 9.88. The molecule has 0 aliphatic carbocycles. The fourth-order valence-corrected chi connectivity index (χ4v) is 4.39. The second kappa shape index (κ2) is 6.82. The number of hydrogen-bond donors (Lipinski definition) is 0. The standard InChI is InChI=1S/C27H22O2/c1-17-12-13-18-8-4-7-11-22(18)26(17)24-14-19-9-5-6-10-21(19)23-15-20(28-2)16-25(29-3)27(23)24/h4-16H,1-3H3. The van der Waals surface area contributed by atoms with Crippen molar-refractivity contribution in [2.45, 2.75) is 6.92 Å². The van der Waals surface area contributed by atoms with Crippen LogP contribution in [0.1, 0.15) is 5.56 Å². The Hall–Kier alpha value is -3.52. The number of hydrogen-bond acceptors (Lipinski definition) is 2. The van der Waals surface area contributed by atoms with Gasteiger partial charge in [-0.1, -0.05) is 60.7 Å². The summed E-state index contributed by atoms with van der Waals surface area (Å²) in [5, 5.41) is 7.15. The average molecular weight is 378 g/mol. The minimum atomic E-state index is 0.797. The number of methoxy groups -OCH3 is 2. The molecule has 5 rings (SSSR count). The number of ether oxygens (including phenoxy) is 2. The molecule has 0 amide bonds. The molecular formula is C27H22O2. The lowest BCUT2D eigenvalue weighted by molar-refractivity contribution is 0.398. The highest BCUT2D eigenvalue weighted by atomic mass is 16.5. The Balaban J connectivity index is 2.03. The van der Waals surface area contributed by atoms with Crippen LogP contribution in [0.2, 0.25) is 0 Å². The van der Waals surface area contributed by atoms with Crippen LogP contribution < -0.4 is 9.47 Å². The van der Waals surface area contributed by atoms with E-state index in [2.05, 4.69) is 79.7 Å². The van der Waals surface area contributed by atoms with E-state index in [9.17, 15) is 0 Å². The molecule has 0 unspecified atom stereocenters. The summed E-state index contributed by atoms with van der Waals surface area (Å²) in [7, 11) is 3.42. The largest absolute Gasteiger partial charge is 0.497 e. The lowest BCUT2D eigenvalue weighted by Crippen LogP contribution is -1.94. The van der Waals surface area contributed by atoms with Gasteiger partial charge in [0.15, 0.2) is 0 Å². The van der Waals surface area contributed by atoms with Gasteiger partial charge in [-0.25, -0.2) is 0 Å². The molecule has 0 bridgehead atoms. The SMILES string of the molecule is COc1cc(OC)c2c(-c3c(C)ccc4ccccc34)cc3ccccc3c2c1. The van der Waals surface area contributed by atoms with Crippen LogP contribution in [-0.4, -0.2) is 14.2 Å². The monoisotopic (exact) mass is 378 g/mol. The predicted molar refractivity (Wildman–Crippen MR) is 122 cm³/mol. The van der Waals surface area contributed by atoms with E-state index in [0.29, 0.717) is 0 Å². The molecular weight excluding hydrogens is 356 g/mol. The van der Waals surface area contributed by atoms with Gasteiger partial charge in [0.05, 0.1) is 14.2 Å². The summed E-state index contributed by atoms with van der Waals surface area (Å²) in [5.74, 6) is 1.62. The van der Waals surface area contributed by atoms with Gasteiger partial charge in [0.25, 0.3) is 0 Å². The number of aryl methyl sites for hydroxylation is 1. The Morgan fingerprint density at radius 1 is 0.621 bits per heavy atom. The van der Waals surface area contributed by atoms with Crippen LogP contribution >= 0.6 is 0 Å². The van der Waals surface area contributed by atoms with Crippen molar-refractivity contribution in [1.29, 1.82) is 0 Å². The molecule has 0 saturated heterocycles. The molecule has 29 heavy (non-hydrogen) atoms. The highest BCUT2D eigenvalue weighted by Gasteiger charge is 2.17. The minimum Gasteiger partial charge on any atom is -0.497 e. The highest BCUT2D eigenvalue weighted by molar-refractivity contribution is 6.18. The summed E-state index contributed by atoms with van der Waals surface area (Å²) < 4.78 is 11.4. The minimum absolute atomic E-state index is 0.797. The Bertz CT molecular complexity index is 1380. The van der Waals surface area contributed by atoms with E-state index in [4.69, 9.17) is 9.47 Å². The van der Waals surface area contributed by atoms with Crippen molar-refractivity contribution >= 4 is 32.3 Å². The van der Waals surface area contributed by atoms with Gasteiger partial charge in [-0.2, -0.15) is 0 Å². The van der Waals surface area contributed by atoms with E-state index in [-0.39, 0.29) is 0 Å². The van der Waals surface area contributed by atoms with Crippen LogP contribution in [0.3, 0.4) is 0 Å². The van der Waals surface area contributed by atoms with Crippen LogP contribution in [0.15, 0.2) is 78.9 Å². The second-order valence-electron chi connectivity index (χ2n) is 7.38. The molecule has 5 aromatic rings. The van der Waals surface area contributed by atoms with E-state index in [0.717, 1.165) is 22.3 Å². The molecule has 0 heterocycles. The van der Waals surface area contributed by atoms with Gasteiger partial charge < -0.3 is 9.47 Å². The third-order valence-electron chi connectivity index (χ3n) is 5.76. The first-order chi connectivity index (χ1) is 14.2. The van der Waals surface area contributed by atoms with Crippen molar-refractivity contribution in [3.63, 3.8) is 0 Å². The Labute approximate surface area is 170 Å². The third-order valence-corrected chi connectivity index (χ3v) is 5.76. The van der Waals surface area contributed by atoms with Gasteiger partial charge in [0, 0.05) is 11.5 Å². The molecule has 0 radical (unpaired) electrons. The smallest absolute Gasteiger partial charge is 0.131 e. The maximum absolute atomic E-state index is 5.85. The normalized spacial score (nSPS) is 11.3. The predicted octanol–water partition coefficient (Wildman–Crippen LogP) is 7.14. The molecule has 0 spiro atoms. The van der Waals surface area contributed by atoms with Gasteiger partial charge in [0.1, 0.15) is 11.5 Å². The summed E-state index contributed by atoms with van der Waals surface area (Å²) in [4.78, 5) is 0. The zero-order chi connectivity index (χ0) is 20.0. The molecule has 0 N–H and O–H groups in total. The topological polar surface area (TPSA) is 18.5 Å². The molecule has 0 aliphatic rings. The van der Waals surface area contributed by atoms with Crippen molar-refractivity contribution in [1.82, 2.24) is 0 Å². The van der Waals surface area contributed by atoms with Crippen molar-refractivity contribution in [2.24, 2.45) is 0 Å². The lowest BCUT2D eigenvalue weighted by Gasteiger charge is -2.18. The maximum atomic E-state index is 5.85. The molecule has 0 saturated carbocycles. The van der Waals surface area contributed by atoms with E-state index in [1.54, 1.807) is 14.2 Å². The molecule has 0 aliphatic heterocycles. The molecule has 5 aromatic carbocycles. The van der Waals surface area contributed by atoms with E-state index in [1.807, 2.05) is 6.07 Å². The first-order valence-corrected chi connectivity index (χ1v) is 9.77. The first kappa shape index (κ1) is 17.6. The van der Waals surface area contributed by atoms with Gasteiger partial charge in [-0.15, -0.1) is 0 Å². The molecule has 0 atom stereocenters. The molecule has 2 heteroatoms. The second-order valence-corrected chi connectivity index (χ2v) is 7.38. The highest BCUT2D eigenvalue weighted by Crippen LogP contribution is 2.44. The Morgan fingerprint density at radius 2 is 1.34 bits per heavy atom. The number of rotatable bonds is 3. The van der Waals surface area contributed by atoms with E-state index < -0.39 is 0 Å². The first-order valence-electron chi connectivity index (χ1n) is 9.77. The quantitative estimate of drug-likeness (QED) is 0.311. The molecule has 142 valence electrons. The van der Waals surface area contributed by atoms with Crippen molar-refractivity contribution in [2.75, 3.05) is 14.2 Å². The Kier molecular flexibility index (Phi) is 4.13. The fourth-order valence-electron chi connectivity index (χ4n) is 4.39. The summed E-state index contributed by atoms with van der Waals surface area (Å²) in [6.45, 7) is 2.18. The summed E-state index contributed by atoms with van der Waals surface area (Å²) >= 11 is 0. The zero-order valence-electron chi connectivity index (χ0n) is 16.8. The third kappa shape index (κ3) is 2.72. The number of benzene rings is 5. The van der Waals surface area contributed by atoms with Crippen LogP contribution in [0.5, 0.6) is 11.5 Å². The van der Waals surface area contributed by atoms with E-state index >= 15 is 0 Å². The van der Waals surface area contributed by atoms with E-state index in [1.165, 1.54) is 38.2 Å². The van der Waals surface area contributed by atoms with Crippen LogP contribution in [0, 0.1) is 6.92 Å². The van der Waals surface area contributed by atoms with Crippen molar-refractivity contribution in [3.8, 4) is 22.6 Å². The maximum Gasteiger partial charge on any atom is 0.131 e. The molecule has 0 fully saturated rings. The number of fused-ring (bicyclic) bond motifs is 4. The van der Waals surface area contributed by atoms with Gasteiger partial charge in [-0.3, -0.25) is 0 Å². The fraction of sp³-hybridized carbons (Fsp3) is 0.111. The Morgan fingerprint density at radius 3 is 2.10 bits per heavy atom. The molecule has 0 aromatic heterocycles. The zero-order valence-corrected chi connectivity index (χ0v) is 16.8. The van der Waals surface area contributed by atoms with Crippen LogP contribution in [-0.2, 0) is 0 Å². The average Bonchev–Trinajstić information content (AvgIpc) is 2.77. The summed E-state index contributed by atoms with van der Waals surface area (Å²) in [5.41, 5.74) is 3.69. The van der Waals surface area contributed by atoms with Crippen molar-refractivity contribution < 1.29 is 9.47 Å². The van der Waals surface area contributed by atoms with Crippen molar-refractivity contribution in [3.05, 3.63) is 84.4 Å². The summed E-state index contributed by atoms with van der Waals surface area (Å²) in [6, 6.07) is 27.8. The molecule has 2 nitrogen and oxygen atoms in total.